The second-order valence-electron chi connectivity index (χ2n) is 7.25. The molecule has 0 radical (unpaired) electrons. The van der Waals surface area contributed by atoms with Crippen molar-refractivity contribution in [3.8, 4) is 0 Å². The average Bonchev–Trinajstić information content (AvgIpc) is 3.14. The van der Waals surface area contributed by atoms with Crippen LogP contribution in [0.3, 0.4) is 0 Å². The quantitative estimate of drug-likeness (QED) is 0.460. The molecule has 2 bridgehead atoms. The lowest BCUT2D eigenvalue weighted by Gasteiger charge is -2.40. The van der Waals surface area contributed by atoms with E-state index >= 15 is 0 Å². The smallest absolute Gasteiger partial charge is 0.302 e. The van der Waals surface area contributed by atoms with Crippen molar-refractivity contribution < 1.29 is 34.0 Å². The largest absolute Gasteiger partial charge is 0.465 e. The molecule has 0 aromatic heterocycles. The molecule has 0 aliphatic carbocycles. The van der Waals surface area contributed by atoms with Gasteiger partial charge in [-0.3, -0.25) is 9.59 Å². The standard InChI is InChI=1S/C20H30O7/c1-6-8-11(3)18-19-17(24)15(10-25-13(5)21)20(26-18,27-19)12(4)16(23)9-14(22)7-2/h6,8,11,15-19,23-24H,4,7,9-10H2,1-3,5H3/t11-,15+,16?,17-,18+,19-,20+/m0/s1. The molecule has 27 heavy (non-hydrogen) atoms. The number of carbonyl (C=O) groups excluding carboxylic acids is 2. The zero-order chi connectivity index (χ0) is 20.4. The van der Waals surface area contributed by atoms with E-state index < -0.39 is 42.1 Å². The average molecular weight is 382 g/mol. The fourth-order valence-electron chi connectivity index (χ4n) is 3.80. The SMILES string of the molecule is C=C(C(O)CC(=O)CC)[C@@]12O[C@@H]([C@@H](O)[C@H]1COC(C)=O)[C@@H]([C@@H](C)C=CC)O2. The molecular formula is C20H30O7. The third-order valence-corrected chi connectivity index (χ3v) is 5.33. The molecule has 2 fully saturated rings. The minimum absolute atomic E-state index is 0.0478. The molecule has 7 heteroatoms. The minimum atomic E-state index is -1.51. The summed E-state index contributed by atoms with van der Waals surface area (Å²) in [6, 6.07) is 0. The first-order valence-corrected chi connectivity index (χ1v) is 9.36. The van der Waals surface area contributed by atoms with Crippen molar-refractivity contribution in [1.29, 1.82) is 0 Å². The van der Waals surface area contributed by atoms with E-state index in [0.717, 1.165) is 0 Å². The number of allylic oxidation sites excluding steroid dienone is 1. The zero-order valence-electron chi connectivity index (χ0n) is 16.4. The summed E-state index contributed by atoms with van der Waals surface area (Å²) >= 11 is 0. The number of hydrogen-bond donors (Lipinski definition) is 2. The molecular weight excluding hydrogens is 352 g/mol. The molecule has 152 valence electrons. The number of hydrogen-bond acceptors (Lipinski definition) is 7. The van der Waals surface area contributed by atoms with Crippen molar-refractivity contribution in [1.82, 2.24) is 0 Å². The van der Waals surface area contributed by atoms with Gasteiger partial charge in [-0.2, -0.15) is 0 Å². The Hall–Kier alpha value is -1.54. The normalized spacial score (nSPS) is 34.6. The third-order valence-electron chi connectivity index (χ3n) is 5.33. The topological polar surface area (TPSA) is 102 Å². The summed E-state index contributed by atoms with van der Waals surface area (Å²) in [6.45, 7) is 10.6. The molecule has 2 aliphatic rings. The molecule has 0 saturated carbocycles. The first-order chi connectivity index (χ1) is 12.7. The van der Waals surface area contributed by atoms with E-state index in [9.17, 15) is 19.8 Å². The molecule has 7 nitrogen and oxygen atoms in total. The maximum absolute atomic E-state index is 11.8. The maximum atomic E-state index is 11.8. The summed E-state index contributed by atoms with van der Waals surface area (Å²) in [5.41, 5.74) is 0.165. The lowest BCUT2D eigenvalue weighted by atomic mass is 9.81. The maximum Gasteiger partial charge on any atom is 0.302 e. The number of Topliss-reactive ketones (excluding diaryl/α,β-unsaturated/α-hetero) is 1. The fourth-order valence-corrected chi connectivity index (χ4v) is 3.80. The van der Waals surface area contributed by atoms with Gasteiger partial charge >= 0.3 is 5.97 Å². The lowest BCUT2D eigenvalue weighted by Crippen LogP contribution is -2.53. The van der Waals surface area contributed by atoms with Crippen molar-refractivity contribution in [2.24, 2.45) is 11.8 Å². The van der Waals surface area contributed by atoms with Gasteiger partial charge in [0.25, 0.3) is 0 Å². The monoisotopic (exact) mass is 382 g/mol. The van der Waals surface area contributed by atoms with Gasteiger partial charge in [-0.1, -0.05) is 32.6 Å². The summed E-state index contributed by atoms with van der Waals surface area (Å²) in [4.78, 5) is 23.0. The first-order valence-electron chi connectivity index (χ1n) is 9.36. The summed E-state index contributed by atoms with van der Waals surface area (Å²) < 4.78 is 17.3. The Labute approximate surface area is 160 Å². The fraction of sp³-hybridized carbons (Fsp3) is 0.700. The van der Waals surface area contributed by atoms with Gasteiger partial charge in [0.15, 0.2) is 0 Å². The number of ether oxygens (including phenoxy) is 3. The van der Waals surface area contributed by atoms with Crippen LogP contribution >= 0.6 is 0 Å². The summed E-state index contributed by atoms with van der Waals surface area (Å²) in [5.74, 6) is -2.91. The van der Waals surface area contributed by atoms with Gasteiger partial charge in [0, 0.05) is 31.3 Å². The van der Waals surface area contributed by atoms with Crippen LogP contribution in [0.2, 0.25) is 0 Å². The molecule has 2 rings (SSSR count). The Balaban J connectivity index is 2.31. The summed E-state index contributed by atoms with van der Waals surface area (Å²) in [5, 5.41) is 21.3. The Kier molecular flexibility index (Phi) is 6.97. The molecule has 0 amide bonds. The van der Waals surface area contributed by atoms with Crippen LogP contribution in [0, 0.1) is 11.8 Å². The Morgan fingerprint density at radius 3 is 2.59 bits per heavy atom. The van der Waals surface area contributed by atoms with E-state index in [4.69, 9.17) is 14.2 Å². The van der Waals surface area contributed by atoms with Gasteiger partial charge in [-0.15, -0.1) is 0 Å². The van der Waals surface area contributed by atoms with Crippen molar-refractivity contribution in [3.63, 3.8) is 0 Å². The highest BCUT2D eigenvalue weighted by molar-refractivity contribution is 5.79. The van der Waals surface area contributed by atoms with Crippen molar-refractivity contribution >= 4 is 11.8 Å². The number of rotatable bonds is 9. The van der Waals surface area contributed by atoms with Crippen LogP contribution in [-0.2, 0) is 23.8 Å². The highest BCUT2D eigenvalue weighted by atomic mass is 16.8. The molecule has 1 unspecified atom stereocenters. The number of aliphatic hydroxyl groups excluding tert-OH is 2. The van der Waals surface area contributed by atoms with Gasteiger partial charge < -0.3 is 24.4 Å². The van der Waals surface area contributed by atoms with Crippen LogP contribution in [0.5, 0.6) is 0 Å². The van der Waals surface area contributed by atoms with Crippen LogP contribution in [0.4, 0.5) is 0 Å². The van der Waals surface area contributed by atoms with Gasteiger partial charge in [0.05, 0.1) is 24.2 Å². The minimum Gasteiger partial charge on any atom is -0.465 e. The van der Waals surface area contributed by atoms with E-state index in [1.54, 1.807) is 6.92 Å². The number of aliphatic hydroxyl groups is 2. The first kappa shape index (κ1) is 21.8. The second-order valence-corrected chi connectivity index (χ2v) is 7.25. The van der Waals surface area contributed by atoms with Crippen LogP contribution in [-0.4, -0.2) is 58.8 Å². The summed E-state index contributed by atoms with van der Waals surface area (Å²) in [7, 11) is 0. The van der Waals surface area contributed by atoms with Crippen molar-refractivity contribution in [2.75, 3.05) is 6.61 Å². The van der Waals surface area contributed by atoms with Crippen molar-refractivity contribution in [3.05, 3.63) is 24.3 Å². The highest BCUT2D eigenvalue weighted by Crippen LogP contribution is 2.52. The number of esters is 1. The van der Waals surface area contributed by atoms with Crippen LogP contribution in [0.1, 0.15) is 40.5 Å². The van der Waals surface area contributed by atoms with Crippen LogP contribution in [0.25, 0.3) is 0 Å². The summed E-state index contributed by atoms with van der Waals surface area (Å²) in [6.07, 6.45) is 0.774. The zero-order valence-corrected chi connectivity index (χ0v) is 16.4. The van der Waals surface area contributed by atoms with E-state index in [-0.39, 0.29) is 30.3 Å². The van der Waals surface area contributed by atoms with E-state index in [1.807, 2.05) is 26.0 Å². The lowest BCUT2D eigenvalue weighted by molar-refractivity contribution is -0.193. The Bertz CT molecular complexity index is 613. The molecule has 7 atom stereocenters. The van der Waals surface area contributed by atoms with E-state index in [2.05, 4.69) is 6.58 Å². The molecule has 2 saturated heterocycles. The molecule has 0 aromatic rings. The second kappa shape index (κ2) is 8.65. The van der Waals surface area contributed by atoms with Gasteiger partial charge in [0.2, 0.25) is 5.79 Å². The molecule has 2 aliphatic heterocycles. The number of ketones is 1. The van der Waals surface area contributed by atoms with Gasteiger partial charge in [-0.25, -0.2) is 0 Å². The molecule has 2 N–H and O–H groups in total. The van der Waals surface area contributed by atoms with Gasteiger partial charge in [-0.05, 0) is 6.92 Å². The molecule has 0 spiro atoms. The third kappa shape index (κ3) is 4.16. The predicted molar refractivity (Wildman–Crippen MR) is 97.6 cm³/mol. The predicted octanol–water partition coefficient (Wildman–Crippen LogP) is 1.52. The Morgan fingerprint density at radius 1 is 1.37 bits per heavy atom. The molecule has 2 heterocycles. The molecule has 0 aromatic carbocycles. The highest BCUT2D eigenvalue weighted by Gasteiger charge is 2.67. The van der Waals surface area contributed by atoms with Crippen LogP contribution in [0.15, 0.2) is 24.3 Å². The van der Waals surface area contributed by atoms with Gasteiger partial charge in [0.1, 0.15) is 18.5 Å². The van der Waals surface area contributed by atoms with E-state index in [0.29, 0.717) is 6.42 Å². The van der Waals surface area contributed by atoms with E-state index in [1.165, 1.54) is 6.92 Å². The van der Waals surface area contributed by atoms with Crippen LogP contribution < -0.4 is 0 Å². The number of carbonyl (C=O) groups is 2. The number of fused-ring (bicyclic) bond motifs is 2. The van der Waals surface area contributed by atoms with Crippen molar-refractivity contribution in [2.45, 2.75) is 70.7 Å². The Morgan fingerprint density at radius 2 is 2.04 bits per heavy atom.